The summed E-state index contributed by atoms with van der Waals surface area (Å²) in [5.41, 5.74) is 0.679. The third kappa shape index (κ3) is 5.92. The summed E-state index contributed by atoms with van der Waals surface area (Å²) in [5, 5.41) is 12.0. The lowest BCUT2D eigenvalue weighted by molar-refractivity contribution is -0.149. The Kier molecular flexibility index (Phi) is 7.27. The number of nitrogens with zero attached hydrogens (tertiary/aromatic N) is 1. The minimum absolute atomic E-state index is 0.212. The van der Waals surface area contributed by atoms with E-state index in [4.69, 9.17) is 37.9 Å². The van der Waals surface area contributed by atoms with Crippen LogP contribution < -0.4 is 10.1 Å². The molecular formula is C17H11BrCl2N2O4. The van der Waals surface area contributed by atoms with Gasteiger partial charge in [-0.1, -0.05) is 23.2 Å². The average molecular weight is 458 g/mol. The molecule has 0 fully saturated rings. The van der Waals surface area contributed by atoms with Gasteiger partial charge in [-0.25, -0.2) is 4.79 Å². The first-order chi connectivity index (χ1) is 12.4. The van der Waals surface area contributed by atoms with Crippen molar-refractivity contribution in [3.05, 3.63) is 56.5 Å². The summed E-state index contributed by atoms with van der Waals surface area (Å²) in [7, 11) is 0. The van der Waals surface area contributed by atoms with E-state index in [0.717, 1.165) is 0 Å². The molecule has 1 N–H and O–H groups in total. The van der Waals surface area contributed by atoms with E-state index < -0.39 is 18.5 Å². The molecule has 0 saturated heterocycles. The van der Waals surface area contributed by atoms with Gasteiger partial charge in [0, 0.05) is 10.7 Å². The van der Waals surface area contributed by atoms with E-state index in [1.54, 1.807) is 18.2 Å². The lowest BCUT2D eigenvalue weighted by atomic mass is 10.2. The number of carbonyl (C=O) groups excluding carboxylic acids is 2. The van der Waals surface area contributed by atoms with Gasteiger partial charge in [-0.15, -0.1) is 0 Å². The number of ether oxygens (including phenoxy) is 2. The van der Waals surface area contributed by atoms with E-state index in [-0.39, 0.29) is 11.6 Å². The highest BCUT2D eigenvalue weighted by Crippen LogP contribution is 2.27. The van der Waals surface area contributed by atoms with Crippen molar-refractivity contribution in [1.29, 1.82) is 5.26 Å². The Morgan fingerprint density at radius 2 is 1.92 bits per heavy atom. The number of carbonyl (C=O) groups is 2. The molecule has 0 saturated carbocycles. The molecule has 0 atom stereocenters. The van der Waals surface area contributed by atoms with Gasteiger partial charge in [-0.3, -0.25) is 4.79 Å². The van der Waals surface area contributed by atoms with Gasteiger partial charge in [0.1, 0.15) is 11.8 Å². The molecule has 0 aliphatic heterocycles. The third-order valence-corrected chi connectivity index (χ3v) is 4.14. The highest BCUT2D eigenvalue weighted by atomic mass is 79.9. The Labute approximate surface area is 167 Å². The van der Waals surface area contributed by atoms with E-state index in [1.165, 1.54) is 18.2 Å². The molecular weight excluding hydrogens is 447 g/mol. The number of nitriles is 1. The first-order valence-electron chi connectivity index (χ1n) is 7.12. The van der Waals surface area contributed by atoms with Crippen LogP contribution in [-0.4, -0.2) is 25.1 Å². The van der Waals surface area contributed by atoms with E-state index in [9.17, 15) is 9.59 Å². The zero-order valence-electron chi connectivity index (χ0n) is 13.1. The van der Waals surface area contributed by atoms with Crippen LogP contribution in [0.5, 0.6) is 5.75 Å². The number of hydrogen-bond donors (Lipinski definition) is 1. The molecule has 6 nitrogen and oxygen atoms in total. The van der Waals surface area contributed by atoms with Crippen molar-refractivity contribution in [1.82, 2.24) is 0 Å². The van der Waals surface area contributed by atoms with Crippen molar-refractivity contribution in [2.75, 3.05) is 18.5 Å². The number of esters is 1. The van der Waals surface area contributed by atoms with Gasteiger partial charge in [0.05, 0.1) is 15.1 Å². The normalized spacial score (nSPS) is 9.92. The Balaban J connectivity index is 1.79. The van der Waals surface area contributed by atoms with Crippen LogP contribution in [0.1, 0.15) is 5.56 Å². The third-order valence-electron chi connectivity index (χ3n) is 2.98. The molecule has 0 spiro atoms. The van der Waals surface area contributed by atoms with E-state index in [1.807, 2.05) is 6.07 Å². The van der Waals surface area contributed by atoms with Crippen molar-refractivity contribution in [3.8, 4) is 11.8 Å². The summed E-state index contributed by atoms with van der Waals surface area (Å²) in [6, 6.07) is 11.2. The molecule has 2 rings (SSSR count). The predicted molar refractivity (Wildman–Crippen MR) is 100 cm³/mol. The minimum Gasteiger partial charge on any atom is -0.481 e. The molecule has 0 heterocycles. The predicted octanol–water partition coefficient (Wildman–Crippen LogP) is 4.19. The molecule has 1 amide bonds. The number of benzene rings is 2. The SMILES string of the molecule is N#Cc1ccc(NC(=O)COC(=O)COc2ccc(Cl)cc2Br)cc1Cl. The molecule has 0 bridgehead atoms. The van der Waals surface area contributed by atoms with E-state index >= 15 is 0 Å². The smallest absolute Gasteiger partial charge is 0.344 e. The second-order valence-corrected chi connectivity index (χ2v) is 6.58. The number of amides is 1. The molecule has 0 radical (unpaired) electrons. The lowest BCUT2D eigenvalue weighted by Gasteiger charge is -2.09. The molecule has 2 aromatic rings. The van der Waals surface area contributed by atoms with Gasteiger partial charge < -0.3 is 14.8 Å². The molecule has 0 unspecified atom stereocenters. The minimum atomic E-state index is -0.708. The zero-order valence-corrected chi connectivity index (χ0v) is 16.2. The van der Waals surface area contributed by atoms with Crippen LogP contribution in [0.25, 0.3) is 0 Å². The monoisotopic (exact) mass is 456 g/mol. The maximum atomic E-state index is 11.8. The van der Waals surface area contributed by atoms with Gasteiger partial charge in [0.25, 0.3) is 5.91 Å². The lowest BCUT2D eigenvalue weighted by Crippen LogP contribution is -2.23. The summed E-state index contributed by atoms with van der Waals surface area (Å²) in [5.74, 6) is -0.838. The van der Waals surface area contributed by atoms with Crippen LogP contribution >= 0.6 is 39.1 Å². The Hall–Kier alpha value is -2.27. The quantitative estimate of drug-likeness (QED) is 0.657. The van der Waals surface area contributed by atoms with Crippen molar-refractivity contribution in [3.63, 3.8) is 0 Å². The largest absolute Gasteiger partial charge is 0.481 e. The van der Waals surface area contributed by atoms with Crippen LogP contribution in [-0.2, 0) is 14.3 Å². The summed E-state index contributed by atoms with van der Waals surface area (Å²) >= 11 is 14.9. The van der Waals surface area contributed by atoms with Gasteiger partial charge in [0.15, 0.2) is 13.2 Å². The Morgan fingerprint density at radius 1 is 1.15 bits per heavy atom. The standard InChI is InChI=1S/C17H11BrCl2N2O4/c18-13-5-11(19)2-4-15(13)25-9-17(24)26-8-16(23)22-12-3-1-10(7-21)14(20)6-12/h1-6H,8-9H2,(H,22,23). The zero-order chi connectivity index (χ0) is 19.1. The number of hydrogen-bond acceptors (Lipinski definition) is 5. The summed E-state index contributed by atoms with van der Waals surface area (Å²) < 4.78 is 10.7. The fraction of sp³-hybridized carbons (Fsp3) is 0.118. The molecule has 9 heteroatoms. The summed E-state index contributed by atoms with van der Waals surface area (Å²) in [4.78, 5) is 23.5. The Bertz CT molecular complexity index is 884. The van der Waals surface area contributed by atoms with Gasteiger partial charge in [-0.05, 0) is 52.3 Å². The molecule has 134 valence electrons. The second kappa shape index (κ2) is 9.43. The second-order valence-electron chi connectivity index (χ2n) is 4.88. The van der Waals surface area contributed by atoms with Crippen LogP contribution in [0.15, 0.2) is 40.9 Å². The topological polar surface area (TPSA) is 88.4 Å². The number of halogens is 3. The van der Waals surface area contributed by atoms with Crippen molar-refractivity contribution >= 4 is 56.7 Å². The van der Waals surface area contributed by atoms with Crippen molar-refractivity contribution in [2.45, 2.75) is 0 Å². The van der Waals surface area contributed by atoms with Gasteiger partial charge >= 0.3 is 5.97 Å². The number of anilines is 1. The van der Waals surface area contributed by atoms with Gasteiger partial charge in [-0.2, -0.15) is 5.26 Å². The number of rotatable bonds is 6. The molecule has 0 aliphatic rings. The molecule has 2 aromatic carbocycles. The van der Waals surface area contributed by atoms with Crippen LogP contribution in [0, 0.1) is 11.3 Å². The number of nitrogens with one attached hydrogen (secondary N) is 1. The average Bonchev–Trinajstić information content (AvgIpc) is 2.59. The van der Waals surface area contributed by atoms with Crippen molar-refractivity contribution < 1.29 is 19.1 Å². The fourth-order valence-corrected chi connectivity index (χ4v) is 2.82. The van der Waals surface area contributed by atoms with E-state index in [0.29, 0.717) is 26.5 Å². The maximum Gasteiger partial charge on any atom is 0.344 e. The van der Waals surface area contributed by atoms with Crippen LogP contribution in [0.4, 0.5) is 5.69 Å². The molecule has 26 heavy (non-hydrogen) atoms. The molecule has 0 aromatic heterocycles. The van der Waals surface area contributed by atoms with Gasteiger partial charge in [0.2, 0.25) is 0 Å². The van der Waals surface area contributed by atoms with Crippen molar-refractivity contribution in [2.24, 2.45) is 0 Å². The summed E-state index contributed by atoms with van der Waals surface area (Å²) in [6.07, 6.45) is 0. The summed E-state index contributed by atoms with van der Waals surface area (Å²) in [6.45, 7) is -0.849. The highest BCUT2D eigenvalue weighted by Gasteiger charge is 2.11. The maximum absolute atomic E-state index is 11.8. The Morgan fingerprint density at radius 3 is 2.58 bits per heavy atom. The first kappa shape index (κ1) is 20.0. The first-order valence-corrected chi connectivity index (χ1v) is 8.67. The molecule has 0 aliphatic carbocycles. The van der Waals surface area contributed by atoms with Crippen LogP contribution in [0.2, 0.25) is 10.0 Å². The van der Waals surface area contributed by atoms with E-state index in [2.05, 4.69) is 21.2 Å². The fourth-order valence-electron chi connectivity index (χ4n) is 1.80. The highest BCUT2D eigenvalue weighted by molar-refractivity contribution is 9.10. The van der Waals surface area contributed by atoms with Crippen LogP contribution in [0.3, 0.4) is 0 Å².